The van der Waals surface area contributed by atoms with Crippen LogP contribution in [-0.4, -0.2) is 62.3 Å². The van der Waals surface area contributed by atoms with Crippen molar-refractivity contribution in [2.75, 3.05) is 32.7 Å². The summed E-state index contributed by atoms with van der Waals surface area (Å²) in [5, 5.41) is 2.96. The predicted octanol–water partition coefficient (Wildman–Crippen LogP) is 1.40. The first-order valence-electron chi connectivity index (χ1n) is 9.54. The van der Waals surface area contributed by atoms with E-state index in [-0.39, 0.29) is 11.9 Å². The number of fused-ring (bicyclic) bond motifs is 1. The Kier molecular flexibility index (Phi) is 5.99. The highest BCUT2D eigenvalue weighted by Crippen LogP contribution is 2.26. The van der Waals surface area contributed by atoms with E-state index in [0.717, 1.165) is 25.7 Å². The first-order chi connectivity index (χ1) is 12.4. The van der Waals surface area contributed by atoms with Crippen molar-refractivity contribution < 1.29 is 13.2 Å². The summed E-state index contributed by atoms with van der Waals surface area (Å²) >= 11 is 0. The minimum Gasteiger partial charge on any atom is -0.353 e. The second-order valence-corrected chi connectivity index (χ2v) is 9.28. The van der Waals surface area contributed by atoms with E-state index in [1.54, 1.807) is 10.4 Å². The molecule has 0 unspecified atom stereocenters. The molecule has 0 radical (unpaired) electrons. The Hall–Kier alpha value is -1.44. The fourth-order valence-corrected chi connectivity index (χ4v) is 5.08. The summed E-state index contributed by atoms with van der Waals surface area (Å²) in [7, 11) is -3.45. The maximum Gasteiger partial charge on any atom is 0.243 e. The molecule has 144 valence electrons. The average molecular weight is 380 g/mol. The number of aryl methyl sites for hydroxylation is 2. The molecular weight excluding hydrogens is 350 g/mol. The van der Waals surface area contributed by atoms with Crippen molar-refractivity contribution in [1.29, 1.82) is 0 Å². The van der Waals surface area contributed by atoms with E-state index in [9.17, 15) is 13.2 Å². The van der Waals surface area contributed by atoms with Crippen molar-refractivity contribution >= 4 is 15.9 Å². The Labute approximate surface area is 156 Å². The minimum atomic E-state index is -3.45. The molecule has 1 amide bonds. The summed E-state index contributed by atoms with van der Waals surface area (Å²) in [6, 6.07) is 5.73. The monoisotopic (exact) mass is 379 g/mol. The third-order valence-electron chi connectivity index (χ3n) is 5.43. The van der Waals surface area contributed by atoms with E-state index in [1.807, 2.05) is 30.9 Å². The molecule has 7 heteroatoms. The minimum absolute atomic E-state index is 0.00859. The highest BCUT2D eigenvalue weighted by atomic mass is 32.2. The molecule has 1 aliphatic heterocycles. The molecule has 1 aromatic carbocycles. The lowest BCUT2D eigenvalue weighted by Gasteiger charge is -2.33. The summed E-state index contributed by atoms with van der Waals surface area (Å²) in [4.78, 5) is 14.4. The average Bonchev–Trinajstić information content (AvgIpc) is 3.09. The van der Waals surface area contributed by atoms with Gasteiger partial charge < -0.3 is 5.32 Å². The number of hydrogen-bond donors (Lipinski definition) is 1. The van der Waals surface area contributed by atoms with Crippen molar-refractivity contribution in [3.05, 3.63) is 29.3 Å². The van der Waals surface area contributed by atoms with E-state index >= 15 is 0 Å². The lowest BCUT2D eigenvalue weighted by molar-refractivity contribution is -0.123. The van der Waals surface area contributed by atoms with Crippen LogP contribution in [0.4, 0.5) is 0 Å². The zero-order chi connectivity index (χ0) is 18.7. The van der Waals surface area contributed by atoms with Crippen molar-refractivity contribution in [3.63, 3.8) is 0 Å². The summed E-state index contributed by atoms with van der Waals surface area (Å²) in [5.74, 6) is 0.00859. The Morgan fingerprint density at radius 1 is 1.15 bits per heavy atom. The number of benzene rings is 1. The zero-order valence-corrected chi connectivity index (χ0v) is 16.5. The fourth-order valence-electron chi connectivity index (χ4n) is 3.61. The third kappa shape index (κ3) is 4.27. The lowest BCUT2D eigenvalue weighted by Crippen LogP contribution is -2.51. The smallest absolute Gasteiger partial charge is 0.243 e. The molecule has 1 aromatic rings. The topological polar surface area (TPSA) is 69.7 Å². The number of carbonyl (C=O) groups is 1. The van der Waals surface area contributed by atoms with Crippen LogP contribution in [0.5, 0.6) is 0 Å². The van der Waals surface area contributed by atoms with Gasteiger partial charge in [-0.3, -0.25) is 9.69 Å². The summed E-state index contributed by atoms with van der Waals surface area (Å²) < 4.78 is 27.4. The number of rotatable bonds is 6. The largest absolute Gasteiger partial charge is 0.353 e. The normalized spacial score (nSPS) is 19.9. The van der Waals surface area contributed by atoms with Gasteiger partial charge in [0.1, 0.15) is 0 Å². The number of nitrogens with zero attached hydrogens (tertiary/aromatic N) is 2. The Balaban J connectivity index is 1.58. The van der Waals surface area contributed by atoms with E-state index in [4.69, 9.17) is 0 Å². The molecule has 1 N–H and O–H groups in total. The van der Waals surface area contributed by atoms with E-state index in [1.165, 1.54) is 11.1 Å². The molecule has 0 saturated carbocycles. The van der Waals surface area contributed by atoms with Gasteiger partial charge in [-0.05, 0) is 55.9 Å². The molecule has 1 heterocycles. The van der Waals surface area contributed by atoms with E-state index in [0.29, 0.717) is 37.6 Å². The lowest BCUT2D eigenvalue weighted by atomic mass is 10.1. The van der Waals surface area contributed by atoms with Crippen LogP contribution in [0.1, 0.15) is 37.8 Å². The summed E-state index contributed by atoms with van der Waals surface area (Å²) in [6.45, 7) is 6.37. The van der Waals surface area contributed by atoms with Crippen LogP contribution >= 0.6 is 0 Å². The highest BCUT2D eigenvalue weighted by molar-refractivity contribution is 7.89. The number of nitrogens with one attached hydrogen (secondary N) is 1. The zero-order valence-electron chi connectivity index (χ0n) is 15.7. The summed E-state index contributed by atoms with van der Waals surface area (Å²) in [6.07, 6.45) is 4.03. The number of hydrogen-bond acceptors (Lipinski definition) is 4. The van der Waals surface area contributed by atoms with Crippen LogP contribution in [-0.2, 0) is 27.7 Å². The predicted molar refractivity (Wildman–Crippen MR) is 102 cm³/mol. The molecule has 3 rings (SSSR count). The standard InChI is InChI=1S/C19H29N3O3S/c1-3-15(2)20-19(23)14-21-9-11-22(12-10-21)26(24,25)18-8-7-16-5-4-6-17(16)13-18/h7-8,13,15H,3-6,9-12,14H2,1-2H3,(H,20,23)/t15-/m1/s1. The molecule has 6 nitrogen and oxygen atoms in total. The van der Waals surface area contributed by atoms with Crippen LogP contribution in [0, 0.1) is 0 Å². The number of sulfonamides is 1. The molecule has 0 aromatic heterocycles. The van der Waals surface area contributed by atoms with Crippen LogP contribution in [0.15, 0.2) is 23.1 Å². The Bertz CT molecular complexity index is 755. The van der Waals surface area contributed by atoms with Gasteiger partial charge in [-0.2, -0.15) is 4.31 Å². The molecule has 0 spiro atoms. The fraction of sp³-hybridized carbons (Fsp3) is 0.632. The number of piperazine rings is 1. The maximum absolute atomic E-state index is 12.9. The van der Waals surface area contributed by atoms with Gasteiger partial charge in [0.05, 0.1) is 11.4 Å². The molecule has 1 fully saturated rings. The molecule has 1 atom stereocenters. The van der Waals surface area contributed by atoms with Gasteiger partial charge in [-0.25, -0.2) is 8.42 Å². The van der Waals surface area contributed by atoms with E-state index in [2.05, 4.69) is 5.32 Å². The van der Waals surface area contributed by atoms with Crippen LogP contribution in [0.25, 0.3) is 0 Å². The number of carbonyl (C=O) groups excluding carboxylic acids is 1. The first kappa shape index (κ1) is 19.3. The Morgan fingerprint density at radius 2 is 1.85 bits per heavy atom. The van der Waals surface area contributed by atoms with Crippen molar-refractivity contribution in [3.8, 4) is 0 Å². The third-order valence-corrected chi connectivity index (χ3v) is 7.32. The van der Waals surface area contributed by atoms with Crippen molar-refractivity contribution in [2.45, 2.75) is 50.5 Å². The molecular formula is C19H29N3O3S. The highest BCUT2D eigenvalue weighted by Gasteiger charge is 2.30. The molecule has 1 aliphatic carbocycles. The molecule has 2 aliphatic rings. The SMILES string of the molecule is CC[C@@H](C)NC(=O)CN1CCN(S(=O)(=O)c2ccc3c(c2)CCC3)CC1. The maximum atomic E-state index is 12.9. The van der Waals surface area contributed by atoms with Gasteiger partial charge in [0.15, 0.2) is 0 Å². The molecule has 0 bridgehead atoms. The van der Waals surface area contributed by atoms with Gasteiger partial charge >= 0.3 is 0 Å². The number of amides is 1. The van der Waals surface area contributed by atoms with Crippen LogP contribution in [0.3, 0.4) is 0 Å². The van der Waals surface area contributed by atoms with Gasteiger partial charge in [-0.1, -0.05) is 13.0 Å². The second-order valence-electron chi connectivity index (χ2n) is 7.34. The van der Waals surface area contributed by atoms with Crippen LogP contribution < -0.4 is 5.32 Å². The van der Waals surface area contributed by atoms with Crippen molar-refractivity contribution in [2.24, 2.45) is 0 Å². The van der Waals surface area contributed by atoms with Crippen molar-refractivity contribution in [1.82, 2.24) is 14.5 Å². The first-order valence-corrected chi connectivity index (χ1v) is 11.0. The van der Waals surface area contributed by atoms with Crippen LogP contribution in [0.2, 0.25) is 0 Å². The quantitative estimate of drug-likeness (QED) is 0.811. The second kappa shape index (κ2) is 8.06. The molecule has 1 saturated heterocycles. The van der Waals surface area contributed by atoms with E-state index < -0.39 is 10.0 Å². The van der Waals surface area contributed by atoms with Gasteiger partial charge in [0.25, 0.3) is 0 Å². The van der Waals surface area contributed by atoms with Gasteiger partial charge in [0, 0.05) is 32.2 Å². The van der Waals surface area contributed by atoms with Gasteiger partial charge in [-0.15, -0.1) is 0 Å². The van der Waals surface area contributed by atoms with Gasteiger partial charge in [0.2, 0.25) is 15.9 Å². The molecule has 26 heavy (non-hydrogen) atoms. The Morgan fingerprint density at radius 3 is 2.54 bits per heavy atom. The summed E-state index contributed by atoms with van der Waals surface area (Å²) in [5.41, 5.74) is 2.45.